The average Bonchev–Trinajstić information content (AvgIpc) is 3.34. The topological polar surface area (TPSA) is 105 Å². The van der Waals surface area contributed by atoms with Gasteiger partial charge in [-0.05, 0) is 37.3 Å². The van der Waals surface area contributed by atoms with Crippen LogP contribution in [-0.4, -0.2) is 28.5 Å². The second-order valence-electron chi connectivity index (χ2n) is 6.59. The van der Waals surface area contributed by atoms with Gasteiger partial charge in [-0.2, -0.15) is 4.98 Å². The van der Waals surface area contributed by atoms with Gasteiger partial charge in [0.05, 0.1) is 5.56 Å². The van der Waals surface area contributed by atoms with E-state index in [1.165, 1.54) is 0 Å². The second kappa shape index (κ2) is 8.20. The maximum absolute atomic E-state index is 12.4. The van der Waals surface area contributed by atoms with E-state index in [9.17, 15) is 9.59 Å². The van der Waals surface area contributed by atoms with Crippen LogP contribution in [0.2, 0.25) is 0 Å². The number of aromatic nitrogens is 2. The van der Waals surface area contributed by atoms with Gasteiger partial charge in [-0.1, -0.05) is 23.4 Å². The molecular weight excluding hydrogens is 388 g/mol. The number of rotatable bonds is 7. The normalized spacial score (nSPS) is 10.9. The number of hydrogen-bond acceptors (Lipinski definition) is 8. The van der Waals surface area contributed by atoms with Crippen LogP contribution < -0.4 is 4.74 Å². The minimum Gasteiger partial charge on any atom is -0.485 e. The molecule has 0 N–H and O–H groups in total. The van der Waals surface area contributed by atoms with Gasteiger partial charge in [-0.25, -0.2) is 4.79 Å². The first-order valence-electron chi connectivity index (χ1n) is 9.22. The van der Waals surface area contributed by atoms with Crippen LogP contribution in [0.1, 0.15) is 38.2 Å². The molecule has 2 aromatic carbocycles. The lowest BCUT2D eigenvalue weighted by Gasteiger charge is -2.06. The van der Waals surface area contributed by atoms with Crippen LogP contribution in [0.15, 0.2) is 57.5 Å². The van der Waals surface area contributed by atoms with Gasteiger partial charge < -0.3 is 18.4 Å². The maximum atomic E-state index is 12.4. The Bertz CT molecular complexity index is 1210. The van der Waals surface area contributed by atoms with Gasteiger partial charge in [0, 0.05) is 17.9 Å². The molecule has 0 spiro atoms. The predicted molar refractivity (Wildman–Crippen MR) is 105 cm³/mol. The van der Waals surface area contributed by atoms with E-state index < -0.39 is 18.4 Å². The summed E-state index contributed by atoms with van der Waals surface area (Å²) in [5.41, 5.74) is 1.65. The van der Waals surface area contributed by atoms with E-state index in [0.29, 0.717) is 28.6 Å². The Labute approximate surface area is 171 Å². The summed E-state index contributed by atoms with van der Waals surface area (Å²) in [7, 11) is 0. The van der Waals surface area contributed by atoms with Gasteiger partial charge in [0.25, 0.3) is 0 Å². The van der Waals surface area contributed by atoms with Gasteiger partial charge in [0.1, 0.15) is 11.3 Å². The highest BCUT2D eigenvalue weighted by molar-refractivity contribution is 6.02. The first-order chi connectivity index (χ1) is 14.5. The molecule has 30 heavy (non-hydrogen) atoms. The highest BCUT2D eigenvalue weighted by Gasteiger charge is 2.19. The molecule has 2 aromatic heterocycles. The monoisotopic (exact) mass is 406 g/mol. The number of fused-ring (bicyclic) bond motifs is 1. The summed E-state index contributed by atoms with van der Waals surface area (Å²) >= 11 is 0. The van der Waals surface area contributed by atoms with Crippen molar-refractivity contribution in [3.63, 3.8) is 0 Å². The standard InChI is InChI=1S/C22H18N2O6/c1-13-17-5-3-4-6-19(17)29-21(13)18(25)11-28-22(26)15-7-9-16(10-8-15)27-12-20-23-14(2)30-24-20/h3-10H,11-12H2,1-2H3. The summed E-state index contributed by atoms with van der Waals surface area (Å²) in [6.07, 6.45) is 0. The van der Waals surface area contributed by atoms with Crippen LogP contribution >= 0.6 is 0 Å². The van der Waals surface area contributed by atoms with Crippen LogP contribution in [0, 0.1) is 13.8 Å². The van der Waals surface area contributed by atoms with Crippen LogP contribution in [0.5, 0.6) is 5.75 Å². The van der Waals surface area contributed by atoms with Crippen molar-refractivity contribution in [2.45, 2.75) is 20.5 Å². The minimum absolute atomic E-state index is 0.145. The van der Waals surface area contributed by atoms with Crippen molar-refractivity contribution < 1.29 is 28.0 Å². The Hall–Kier alpha value is -3.94. The molecule has 8 nitrogen and oxygen atoms in total. The molecule has 0 aliphatic carbocycles. The van der Waals surface area contributed by atoms with Crippen molar-refractivity contribution in [1.82, 2.24) is 10.1 Å². The van der Waals surface area contributed by atoms with Crippen molar-refractivity contribution in [2.24, 2.45) is 0 Å². The largest absolute Gasteiger partial charge is 0.485 e. The van der Waals surface area contributed by atoms with Gasteiger partial charge in [0.15, 0.2) is 19.0 Å². The first kappa shape index (κ1) is 19.4. The number of ketones is 1. The molecule has 0 bridgehead atoms. The third-order valence-corrected chi connectivity index (χ3v) is 4.46. The number of hydrogen-bond donors (Lipinski definition) is 0. The molecule has 8 heteroatoms. The molecule has 0 saturated heterocycles. The summed E-state index contributed by atoms with van der Waals surface area (Å²) < 4.78 is 21.2. The smallest absolute Gasteiger partial charge is 0.338 e. The van der Waals surface area contributed by atoms with Gasteiger partial charge in [-0.15, -0.1) is 0 Å². The molecule has 152 valence electrons. The van der Waals surface area contributed by atoms with Crippen molar-refractivity contribution in [3.8, 4) is 5.75 Å². The van der Waals surface area contributed by atoms with Crippen LogP contribution in [0.4, 0.5) is 0 Å². The molecule has 4 rings (SSSR count). The number of carbonyl (C=O) groups excluding carboxylic acids is 2. The van der Waals surface area contributed by atoms with Crippen LogP contribution in [0.25, 0.3) is 11.0 Å². The fourth-order valence-corrected chi connectivity index (χ4v) is 2.96. The van der Waals surface area contributed by atoms with Crippen molar-refractivity contribution >= 4 is 22.7 Å². The highest BCUT2D eigenvalue weighted by Crippen LogP contribution is 2.25. The highest BCUT2D eigenvalue weighted by atomic mass is 16.5. The molecule has 0 aliphatic heterocycles. The zero-order chi connectivity index (χ0) is 21.1. The molecule has 4 aromatic rings. The third kappa shape index (κ3) is 4.07. The third-order valence-electron chi connectivity index (χ3n) is 4.46. The molecule has 0 saturated carbocycles. The lowest BCUT2D eigenvalue weighted by Crippen LogP contribution is -2.14. The quantitative estimate of drug-likeness (QED) is 0.334. The fraction of sp³-hybridized carbons (Fsp3) is 0.182. The van der Waals surface area contributed by atoms with E-state index in [1.807, 2.05) is 18.2 Å². The summed E-state index contributed by atoms with van der Waals surface area (Å²) in [6.45, 7) is 3.23. The van der Waals surface area contributed by atoms with Crippen molar-refractivity contribution in [1.29, 1.82) is 0 Å². The van der Waals surface area contributed by atoms with E-state index in [4.69, 9.17) is 18.4 Å². The predicted octanol–water partition coefficient (Wildman–Crippen LogP) is 4.05. The number of carbonyl (C=O) groups is 2. The number of para-hydroxylation sites is 1. The number of aryl methyl sites for hydroxylation is 2. The van der Waals surface area contributed by atoms with Gasteiger partial charge in [0.2, 0.25) is 17.5 Å². The molecule has 2 heterocycles. The molecule has 0 atom stereocenters. The van der Waals surface area contributed by atoms with E-state index in [2.05, 4.69) is 10.1 Å². The number of furan rings is 1. The Morgan fingerprint density at radius 3 is 2.50 bits per heavy atom. The summed E-state index contributed by atoms with van der Waals surface area (Å²) in [4.78, 5) is 28.7. The molecule has 0 amide bonds. The summed E-state index contributed by atoms with van der Waals surface area (Å²) in [5, 5.41) is 4.60. The van der Waals surface area contributed by atoms with E-state index >= 15 is 0 Å². The number of nitrogens with zero attached hydrogens (tertiary/aromatic N) is 2. The van der Waals surface area contributed by atoms with Crippen LogP contribution in [-0.2, 0) is 11.3 Å². The minimum atomic E-state index is -0.613. The number of ether oxygens (including phenoxy) is 2. The lowest BCUT2D eigenvalue weighted by molar-refractivity contribution is 0.0468. The number of benzene rings is 2. The lowest BCUT2D eigenvalue weighted by atomic mass is 10.1. The zero-order valence-electron chi connectivity index (χ0n) is 16.4. The summed E-state index contributed by atoms with van der Waals surface area (Å²) in [5.74, 6) is 0.603. The van der Waals surface area contributed by atoms with E-state index in [0.717, 1.165) is 10.9 Å². The first-order valence-corrected chi connectivity index (χ1v) is 9.22. The molecule has 0 unspecified atom stereocenters. The van der Waals surface area contributed by atoms with Crippen LogP contribution in [0.3, 0.4) is 0 Å². The summed E-state index contributed by atoms with van der Waals surface area (Å²) in [6, 6.07) is 13.7. The Morgan fingerprint density at radius 1 is 1.03 bits per heavy atom. The second-order valence-corrected chi connectivity index (χ2v) is 6.59. The molecule has 0 fully saturated rings. The number of esters is 1. The SMILES string of the molecule is Cc1nc(COc2ccc(C(=O)OCC(=O)c3oc4ccccc4c3C)cc2)no1. The zero-order valence-corrected chi connectivity index (χ0v) is 16.4. The average molecular weight is 406 g/mol. The van der Waals surface area contributed by atoms with E-state index in [-0.39, 0.29) is 12.4 Å². The Morgan fingerprint density at radius 2 is 1.80 bits per heavy atom. The van der Waals surface area contributed by atoms with Gasteiger partial charge in [-0.3, -0.25) is 4.79 Å². The van der Waals surface area contributed by atoms with Gasteiger partial charge >= 0.3 is 5.97 Å². The Balaban J connectivity index is 1.34. The van der Waals surface area contributed by atoms with Crippen molar-refractivity contribution in [3.05, 3.63) is 77.1 Å². The number of Topliss-reactive ketones (excluding diaryl/α,β-unsaturated/α-hetero) is 1. The molecular formula is C22H18N2O6. The molecule has 0 radical (unpaired) electrons. The molecule has 0 aliphatic rings. The Kier molecular flexibility index (Phi) is 5.30. The van der Waals surface area contributed by atoms with Crippen molar-refractivity contribution in [2.75, 3.05) is 6.61 Å². The fourth-order valence-electron chi connectivity index (χ4n) is 2.96. The van der Waals surface area contributed by atoms with E-state index in [1.54, 1.807) is 44.2 Å². The maximum Gasteiger partial charge on any atom is 0.338 e.